The third kappa shape index (κ3) is 2.98. The van der Waals surface area contributed by atoms with Crippen molar-refractivity contribution in [3.05, 3.63) is 12.2 Å². The quantitative estimate of drug-likeness (QED) is 0.609. The van der Waals surface area contributed by atoms with Gasteiger partial charge in [-0.15, -0.1) is 6.58 Å². The third-order valence-electron chi connectivity index (χ3n) is 3.09. The maximum atomic E-state index is 11.3. The molecule has 1 aliphatic carbocycles. The van der Waals surface area contributed by atoms with E-state index in [0.717, 1.165) is 31.6 Å². The van der Waals surface area contributed by atoms with Crippen LogP contribution in [-0.2, 0) is 4.79 Å². The monoisotopic (exact) mass is 180 g/mol. The smallest absolute Gasteiger partial charge is 0.133 e. The summed E-state index contributed by atoms with van der Waals surface area (Å²) in [4.78, 5) is 11.3. The summed E-state index contributed by atoms with van der Waals surface area (Å²) in [5.74, 6) is 1.80. The van der Waals surface area contributed by atoms with E-state index in [2.05, 4.69) is 20.4 Å². The molecule has 0 aliphatic heterocycles. The van der Waals surface area contributed by atoms with Gasteiger partial charge in [-0.05, 0) is 31.6 Å². The van der Waals surface area contributed by atoms with Crippen LogP contribution in [0.1, 0.15) is 46.0 Å². The van der Waals surface area contributed by atoms with Crippen molar-refractivity contribution in [2.45, 2.75) is 46.0 Å². The minimum absolute atomic E-state index is 0.455. The van der Waals surface area contributed by atoms with E-state index in [9.17, 15) is 4.79 Å². The van der Waals surface area contributed by atoms with E-state index >= 15 is 0 Å². The second kappa shape index (κ2) is 4.59. The molecule has 13 heavy (non-hydrogen) atoms. The number of carbonyl (C=O) groups excluding carboxylic acids is 1. The predicted molar refractivity (Wildman–Crippen MR) is 55.6 cm³/mol. The highest BCUT2D eigenvalue weighted by Gasteiger charge is 2.27. The van der Waals surface area contributed by atoms with Crippen LogP contribution >= 0.6 is 0 Å². The second-order valence-corrected chi connectivity index (χ2v) is 4.37. The molecule has 1 aliphatic rings. The Morgan fingerprint density at radius 3 is 2.77 bits per heavy atom. The van der Waals surface area contributed by atoms with Crippen molar-refractivity contribution in [3.8, 4) is 0 Å². The molecule has 0 heterocycles. The molecule has 0 bridgehead atoms. The van der Waals surface area contributed by atoms with Crippen LogP contribution in [0.4, 0.5) is 0 Å². The second-order valence-electron chi connectivity index (χ2n) is 4.37. The number of allylic oxidation sites excluding steroid dienone is 1. The molecule has 2 atom stereocenters. The number of hydrogen-bond donors (Lipinski definition) is 0. The van der Waals surface area contributed by atoms with Gasteiger partial charge < -0.3 is 0 Å². The average Bonchev–Trinajstić information content (AvgIpc) is 2.03. The molecule has 1 saturated carbocycles. The summed E-state index contributed by atoms with van der Waals surface area (Å²) in [6.07, 6.45) is 4.97. The molecule has 0 aromatic rings. The maximum Gasteiger partial charge on any atom is 0.133 e. The Bertz CT molecular complexity index is 203. The Balaban J connectivity index is 2.54. The minimum atomic E-state index is 0.455. The summed E-state index contributed by atoms with van der Waals surface area (Å²) in [7, 11) is 0. The zero-order valence-corrected chi connectivity index (χ0v) is 8.81. The first-order chi connectivity index (χ1) is 6.13. The van der Waals surface area contributed by atoms with Gasteiger partial charge in [0.05, 0.1) is 0 Å². The molecule has 74 valence electrons. The largest absolute Gasteiger partial charge is 0.300 e. The Kier molecular flexibility index (Phi) is 3.71. The number of carbonyl (C=O) groups is 1. The van der Waals surface area contributed by atoms with Crippen molar-refractivity contribution >= 4 is 5.78 Å². The van der Waals surface area contributed by atoms with Crippen LogP contribution in [-0.4, -0.2) is 5.78 Å². The first-order valence-electron chi connectivity index (χ1n) is 5.29. The van der Waals surface area contributed by atoms with Crippen LogP contribution in [0, 0.1) is 11.8 Å². The van der Waals surface area contributed by atoms with Crippen molar-refractivity contribution in [1.82, 2.24) is 0 Å². The van der Waals surface area contributed by atoms with E-state index in [4.69, 9.17) is 0 Å². The van der Waals surface area contributed by atoms with E-state index in [1.807, 2.05) is 0 Å². The molecule has 0 saturated heterocycles. The van der Waals surface area contributed by atoms with E-state index in [1.54, 1.807) is 0 Å². The molecule has 1 nitrogen and oxygen atoms in total. The molecule has 0 amide bonds. The zero-order valence-electron chi connectivity index (χ0n) is 8.81. The summed E-state index contributed by atoms with van der Waals surface area (Å²) >= 11 is 0. The number of ketones is 1. The molecule has 0 aromatic carbocycles. The lowest BCUT2D eigenvalue weighted by atomic mass is 9.75. The van der Waals surface area contributed by atoms with Crippen molar-refractivity contribution < 1.29 is 4.79 Å². The van der Waals surface area contributed by atoms with Gasteiger partial charge in [-0.1, -0.05) is 18.9 Å². The maximum absolute atomic E-state index is 11.3. The lowest BCUT2D eigenvalue weighted by Crippen LogP contribution is -2.24. The predicted octanol–water partition coefficient (Wildman–Crippen LogP) is 3.35. The first kappa shape index (κ1) is 10.5. The molecule has 0 N–H and O–H groups in total. The molecule has 1 heteroatoms. The van der Waals surface area contributed by atoms with Crippen molar-refractivity contribution in [2.75, 3.05) is 0 Å². The Labute approximate surface area is 81.2 Å². The lowest BCUT2D eigenvalue weighted by Gasteiger charge is -2.30. The standard InChI is InChI=1S/C12H20O/c1-4-10-5-6-12(13)8-11(10)7-9(2)3/h10-11H,2,4-8H2,1,3H3. The van der Waals surface area contributed by atoms with E-state index in [-0.39, 0.29) is 0 Å². The fourth-order valence-corrected chi connectivity index (χ4v) is 2.37. The fraction of sp³-hybridized carbons (Fsp3) is 0.750. The summed E-state index contributed by atoms with van der Waals surface area (Å²) in [6, 6.07) is 0. The average molecular weight is 180 g/mol. The van der Waals surface area contributed by atoms with Crippen LogP contribution in [0.5, 0.6) is 0 Å². The van der Waals surface area contributed by atoms with Gasteiger partial charge in [0.15, 0.2) is 0 Å². The number of hydrogen-bond acceptors (Lipinski definition) is 1. The highest BCUT2D eigenvalue weighted by atomic mass is 16.1. The highest BCUT2D eigenvalue weighted by Crippen LogP contribution is 2.34. The molecule has 0 spiro atoms. The van der Waals surface area contributed by atoms with Gasteiger partial charge in [0, 0.05) is 12.8 Å². The normalized spacial score (nSPS) is 28.9. The topological polar surface area (TPSA) is 17.1 Å². The van der Waals surface area contributed by atoms with Crippen LogP contribution in [0.25, 0.3) is 0 Å². The van der Waals surface area contributed by atoms with Crippen LogP contribution in [0.2, 0.25) is 0 Å². The van der Waals surface area contributed by atoms with Crippen molar-refractivity contribution in [3.63, 3.8) is 0 Å². The first-order valence-corrected chi connectivity index (χ1v) is 5.29. The lowest BCUT2D eigenvalue weighted by molar-refractivity contribution is -0.122. The van der Waals surface area contributed by atoms with Gasteiger partial charge in [0.2, 0.25) is 0 Å². The molecule has 1 fully saturated rings. The van der Waals surface area contributed by atoms with Gasteiger partial charge in [-0.2, -0.15) is 0 Å². The fourth-order valence-electron chi connectivity index (χ4n) is 2.37. The number of rotatable bonds is 3. The minimum Gasteiger partial charge on any atom is -0.300 e. The Morgan fingerprint density at radius 2 is 2.23 bits per heavy atom. The van der Waals surface area contributed by atoms with E-state index < -0.39 is 0 Å². The summed E-state index contributed by atoms with van der Waals surface area (Å²) in [6.45, 7) is 8.22. The van der Waals surface area contributed by atoms with Crippen LogP contribution < -0.4 is 0 Å². The van der Waals surface area contributed by atoms with E-state index in [0.29, 0.717) is 11.7 Å². The number of Topliss-reactive ketones (excluding diaryl/α,β-unsaturated/α-hetero) is 1. The Hall–Kier alpha value is -0.590. The van der Waals surface area contributed by atoms with Crippen LogP contribution in [0.15, 0.2) is 12.2 Å². The van der Waals surface area contributed by atoms with Gasteiger partial charge in [0.1, 0.15) is 5.78 Å². The van der Waals surface area contributed by atoms with Gasteiger partial charge in [0.25, 0.3) is 0 Å². The highest BCUT2D eigenvalue weighted by molar-refractivity contribution is 5.79. The Morgan fingerprint density at radius 1 is 1.54 bits per heavy atom. The SMILES string of the molecule is C=C(C)CC1CC(=O)CCC1CC. The van der Waals surface area contributed by atoms with Crippen molar-refractivity contribution in [1.29, 1.82) is 0 Å². The van der Waals surface area contributed by atoms with E-state index in [1.165, 1.54) is 12.0 Å². The summed E-state index contributed by atoms with van der Waals surface area (Å²) < 4.78 is 0. The molecule has 0 radical (unpaired) electrons. The summed E-state index contributed by atoms with van der Waals surface area (Å²) in [5.41, 5.74) is 1.22. The molecular formula is C12H20O. The van der Waals surface area contributed by atoms with Crippen LogP contribution in [0.3, 0.4) is 0 Å². The summed E-state index contributed by atoms with van der Waals surface area (Å²) in [5, 5.41) is 0. The van der Waals surface area contributed by atoms with Gasteiger partial charge in [-0.25, -0.2) is 0 Å². The van der Waals surface area contributed by atoms with Gasteiger partial charge in [-0.3, -0.25) is 4.79 Å². The zero-order chi connectivity index (χ0) is 9.84. The molecule has 2 unspecified atom stereocenters. The van der Waals surface area contributed by atoms with Crippen molar-refractivity contribution in [2.24, 2.45) is 11.8 Å². The molecular weight excluding hydrogens is 160 g/mol. The third-order valence-corrected chi connectivity index (χ3v) is 3.09. The molecule has 0 aromatic heterocycles. The van der Waals surface area contributed by atoms with Gasteiger partial charge >= 0.3 is 0 Å². The molecule has 1 rings (SSSR count).